The zero-order valence-corrected chi connectivity index (χ0v) is 8.91. The molecule has 0 fully saturated rings. The number of hydrogen-bond donors (Lipinski definition) is 1. The van der Waals surface area contributed by atoms with Crippen molar-refractivity contribution in [1.82, 2.24) is 0 Å². The number of carbonyl (C=O) groups is 2. The maximum atomic E-state index is 11.5. The van der Waals surface area contributed by atoms with Crippen molar-refractivity contribution in [2.45, 2.75) is 26.7 Å². The Morgan fingerprint density at radius 1 is 1.33 bits per heavy atom. The van der Waals surface area contributed by atoms with Crippen LogP contribution in [0.4, 0.5) is 0 Å². The number of aliphatic carboxylic acids is 1. The van der Waals surface area contributed by atoms with Gasteiger partial charge in [0.25, 0.3) is 0 Å². The van der Waals surface area contributed by atoms with Crippen molar-refractivity contribution in [3.8, 4) is 0 Å². The van der Waals surface area contributed by atoms with E-state index in [1.54, 1.807) is 32.0 Å². The van der Waals surface area contributed by atoms with Crippen LogP contribution in [0, 0.1) is 6.92 Å². The minimum atomic E-state index is -0.876. The molecular weight excluding hydrogens is 192 g/mol. The van der Waals surface area contributed by atoms with Crippen LogP contribution in [0.25, 0.3) is 0 Å². The second-order valence-electron chi connectivity index (χ2n) is 3.44. The van der Waals surface area contributed by atoms with E-state index in [4.69, 9.17) is 5.11 Å². The van der Waals surface area contributed by atoms with Gasteiger partial charge in [0.15, 0.2) is 5.78 Å². The number of Topliss-reactive ketones (excluding diaryl/α,β-unsaturated/α-hetero) is 1. The van der Waals surface area contributed by atoms with Gasteiger partial charge in [-0.25, -0.2) is 0 Å². The largest absolute Gasteiger partial charge is 0.481 e. The van der Waals surface area contributed by atoms with Crippen molar-refractivity contribution in [2.75, 3.05) is 0 Å². The maximum absolute atomic E-state index is 11.5. The van der Waals surface area contributed by atoms with Gasteiger partial charge in [-0.3, -0.25) is 9.59 Å². The molecule has 0 aliphatic heterocycles. The Bertz CT molecular complexity index is 394. The lowest BCUT2D eigenvalue weighted by molar-refractivity contribution is -0.136. The first-order chi connectivity index (χ1) is 7.06. The van der Waals surface area contributed by atoms with Gasteiger partial charge in [0, 0.05) is 12.0 Å². The van der Waals surface area contributed by atoms with E-state index in [0.29, 0.717) is 17.5 Å². The molecule has 15 heavy (non-hydrogen) atoms. The third-order valence-corrected chi connectivity index (χ3v) is 2.41. The van der Waals surface area contributed by atoms with Gasteiger partial charge in [-0.1, -0.05) is 25.1 Å². The van der Waals surface area contributed by atoms with Crippen molar-refractivity contribution in [2.24, 2.45) is 0 Å². The molecule has 0 unspecified atom stereocenters. The van der Waals surface area contributed by atoms with E-state index in [2.05, 4.69) is 0 Å². The fourth-order valence-corrected chi connectivity index (χ4v) is 1.53. The number of carbonyl (C=O) groups excluding carboxylic acids is 1. The first-order valence-electron chi connectivity index (χ1n) is 4.89. The second-order valence-corrected chi connectivity index (χ2v) is 3.44. The Labute approximate surface area is 88.7 Å². The molecule has 3 nitrogen and oxygen atoms in total. The summed E-state index contributed by atoms with van der Waals surface area (Å²) in [4.78, 5) is 22.1. The third-order valence-electron chi connectivity index (χ3n) is 2.41. The number of carboxylic acids is 1. The molecule has 0 saturated heterocycles. The molecule has 3 heteroatoms. The van der Waals surface area contributed by atoms with Crippen LogP contribution in [-0.4, -0.2) is 16.9 Å². The Morgan fingerprint density at radius 2 is 2.00 bits per heavy atom. The van der Waals surface area contributed by atoms with E-state index in [0.717, 1.165) is 5.56 Å². The van der Waals surface area contributed by atoms with Crippen LogP contribution in [0.1, 0.15) is 34.8 Å². The van der Waals surface area contributed by atoms with Crippen LogP contribution in [0.3, 0.4) is 0 Å². The van der Waals surface area contributed by atoms with Gasteiger partial charge < -0.3 is 5.11 Å². The van der Waals surface area contributed by atoms with E-state index in [9.17, 15) is 9.59 Å². The molecule has 0 saturated carbocycles. The molecule has 0 spiro atoms. The fraction of sp³-hybridized carbons (Fsp3) is 0.333. The lowest BCUT2D eigenvalue weighted by Crippen LogP contribution is -2.06. The van der Waals surface area contributed by atoms with Crippen LogP contribution in [0.5, 0.6) is 0 Å². The molecule has 1 N–H and O–H groups in total. The van der Waals surface area contributed by atoms with Crippen molar-refractivity contribution < 1.29 is 14.7 Å². The molecule has 0 aromatic heterocycles. The van der Waals surface area contributed by atoms with Gasteiger partial charge in [-0.05, 0) is 18.1 Å². The molecule has 0 amide bonds. The summed E-state index contributed by atoms with van der Waals surface area (Å²) in [6.07, 6.45) is 0.411. The smallest absolute Gasteiger partial charge is 0.307 e. The first-order valence-corrected chi connectivity index (χ1v) is 4.89. The van der Waals surface area contributed by atoms with Crippen molar-refractivity contribution in [1.29, 1.82) is 0 Å². The van der Waals surface area contributed by atoms with Crippen LogP contribution in [-0.2, 0) is 11.2 Å². The van der Waals surface area contributed by atoms with Crippen LogP contribution >= 0.6 is 0 Å². The fourth-order valence-electron chi connectivity index (χ4n) is 1.53. The predicted molar refractivity (Wildman–Crippen MR) is 57.1 cm³/mol. The minimum absolute atomic E-state index is 0.0311. The minimum Gasteiger partial charge on any atom is -0.481 e. The average molecular weight is 206 g/mol. The summed E-state index contributed by atoms with van der Waals surface area (Å²) in [5, 5.41) is 8.69. The van der Waals surface area contributed by atoms with Gasteiger partial charge >= 0.3 is 5.97 Å². The van der Waals surface area contributed by atoms with E-state index < -0.39 is 5.97 Å². The zero-order valence-electron chi connectivity index (χ0n) is 8.91. The molecule has 0 atom stereocenters. The number of hydrogen-bond acceptors (Lipinski definition) is 2. The summed E-state index contributed by atoms with van der Waals surface area (Å²) in [5.74, 6) is -0.820. The van der Waals surface area contributed by atoms with E-state index in [1.807, 2.05) is 0 Å². The third kappa shape index (κ3) is 2.65. The number of carboxylic acid groups (broad SMARTS) is 1. The van der Waals surface area contributed by atoms with Crippen LogP contribution < -0.4 is 0 Å². The number of rotatable bonds is 4. The van der Waals surface area contributed by atoms with Crippen LogP contribution in [0.2, 0.25) is 0 Å². The molecule has 0 bridgehead atoms. The summed E-state index contributed by atoms with van der Waals surface area (Å²) in [5.41, 5.74) is 2.13. The second kappa shape index (κ2) is 4.73. The average Bonchev–Trinajstić information content (AvgIpc) is 2.19. The molecular formula is C12H14O3. The Morgan fingerprint density at radius 3 is 2.53 bits per heavy atom. The molecule has 1 aromatic rings. The van der Waals surface area contributed by atoms with Crippen LogP contribution in [0.15, 0.2) is 18.2 Å². The quantitative estimate of drug-likeness (QED) is 0.768. The molecule has 0 aliphatic rings. The normalized spacial score (nSPS) is 10.0. The predicted octanol–water partition coefficient (Wildman–Crippen LogP) is 2.21. The maximum Gasteiger partial charge on any atom is 0.307 e. The Balaban J connectivity index is 3.11. The van der Waals surface area contributed by atoms with Crippen molar-refractivity contribution in [3.63, 3.8) is 0 Å². The lowest BCUT2D eigenvalue weighted by atomic mass is 9.96. The topological polar surface area (TPSA) is 54.4 Å². The molecule has 0 heterocycles. The molecule has 1 rings (SSSR count). The highest BCUT2D eigenvalue weighted by Crippen LogP contribution is 2.16. The summed E-state index contributed by atoms with van der Waals surface area (Å²) in [7, 11) is 0. The molecule has 1 aromatic carbocycles. The van der Waals surface area contributed by atoms with Gasteiger partial charge in [-0.15, -0.1) is 0 Å². The van der Waals surface area contributed by atoms with Crippen molar-refractivity contribution in [3.05, 3.63) is 34.9 Å². The van der Waals surface area contributed by atoms with Gasteiger partial charge in [0.2, 0.25) is 0 Å². The van der Waals surface area contributed by atoms with E-state index >= 15 is 0 Å². The first kappa shape index (κ1) is 11.4. The summed E-state index contributed by atoms with van der Waals surface area (Å²) < 4.78 is 0. The standard InChI is InChI=1S/C12H14O3/c1-3-11(13)10-6-4-5-9(8(10)2)7-12(14)15/h4-6H,3,7H2,1-2H3,(H,14,15). The van der Waals surface area contributed by atoms with Gasteiger partial charge in [0.1, 0.15) is 0 Å². The van der Waals surface area contributed by atoms with E-state index in [1.165, 1.54) is 0 Å². The van der Waals surface area contributed by atoms with Gasteiger partial charge in [-0.2, -0.15) is 0 Å². The Kier molecular flexibility index (Phi) is 3.61. The monoisotopic (exact) mass is 206 g/mol. The zero-order chi connectivity index (χ0) is 11.4. The lowest BCUT2D eigenvalue weighted by Gasteiger charge is -2.07. The molecule has 0 aliphatic carbocycles. The van der Waals surface area contributed by atoms with E-state index in [-0.39, 0.29) is 12.2 Å². The SMILES string of the molecule is CCC(=O)c1cccc(CC(=O)O)c1C. The molecule has 0 radical (unpaired) electrons. The highest BCUT2D eigenvalue weighted by atomic mass is 16.4. The highest BCUT2D eigenvalue weighted by Gasteiger charge is 2.11. The molecule has 80 valence electrons. The van der Waals surface area contributed by atoms with Gasteiger partial charge in [0.05, 0.1) is 6.42 Å². The Hall–Kier alpha value is -1.64. The summed E-state index contributed by atoms with van der Waals surface area (Å²) in [6, 6.07) is 5.22. The number of benzene rings is 1. The summed E-state index contributed by atoms with van der Waals surface area (Å²) >= 11 is 0. The number of ketones is 1. The summed E-state index contributed by atoms with van der Waals surface area (Å²) in [6.45, 7) is 3.59. The highest BCUT2D eigenvalue weighted by molar-refractivity contribution is 5.97. The van der Waals surface area contributed by atoms with Crippen molar-refractivity contribution >= 4 is 11.8 Å².